The monoisotopic (exact) mass is 2030 g/mol. The number of halogens is 1. The Bertz CT molecular complexity index is 6420. The fourth-order valence-electron chi connectivity index (χ4n) is 12.4. The minimum Gasteiger partial charge on any atom is -0.624 e. The van der Waals surface area contributed by atoms with Gasteiger partial charge in [-0.2, -0.15) is 8.61 Å². The van der Waals surface area contributed by atoms with E-state index >= 15 is 0 Å². The van der Waals surface area contributed by atoms with Crippen LogP contribution in [0.1, 0.15) is 242 Å². The summed E-state index contributed by atoms with van der Waals surface area (Å²) in [7, 11) is -17.4. The summed E-state index contributed by atoms with van der Waals surface area (Å²) >= 11 is 0. The zero-order chi connectivity index (χ0) is 105. The van der Waals surface area contributed by atoms with Gasteiger partial charge in [0.2, 0.25) is 20.0 Å². The Morgan fingerprint density at radius 2 is 0.643 bits per heavy atom. The molecule has 140 heavy (non-hydrogen) atoms. The smallest absolute Gasteiger partial charge is 0.335 e. The van der Waals surface area contributed by atoms with Gasteiger partial charge in [0, 0.05) is 200 Å². The molecule has 1 saturated carbocycles. The highest BCUT2D eigenvalue weighted by Crippen LogP contribution is 2.27. The molecule has 39 heteroatoms. The van der Waals surface area contributed by atoms with Gasteiger partial charge in [0.1, 0.15) is 5.82 Å². The first-order valence-corrected chi connectivity index (χ1v) is 53.0. The van der Waals surface area contributed by atoms with Gasteiger partial charge in [0.15, 0.2) is 93.1 Å². The second kappa shape index (κ2) is 51.0. The summed E-state index contributed by atoms with van der Waals surface area (Å²) in [6, 6.07) is 52.0. The molecule has 8 aromatic carbocycles. The van der Waals surface area contributed by atoms with E-state index < -0.39 is 95.4 Å². The number of rotatable bonds is 22. The molecule has 0 spiro atoms. The first-order chi connectivity index (χ1) is 64.9. The molecule has 2 saturated heterocycles. The summed E-state index contributed by atoms with van der Waals surface area (Å²) in [5, 5.41) is 99.8. The number of hydrogen-bond donors (Lipinski definition) is 4. The summed E-state index contributed by atoms with van der Waals surface area (Å²) in [5.74, 6) is -2.36. The van der Waals surface area contributed by atoms with Crippen molar-refractivity contribution in [1.29, 1.82) is 0 Å². The lowest BCUT2D eigenvalue weighted by atomic mass is 9.96. The van der Waals surface area contributed by atoms with Gasteiger partial charge in [-0.25, -0.2) is 89.2 Å². The summed E-state index contributed by atoms with van der Waals surface area (Å²) in [6.07, 6.45) is 24.5. The highest BCUT2D eigenvalue weighted by atomic mass is 32.2. The van der Waals surface area contributed by atoms with Crippen molar-refractivity contribution >= 4 is 117 Å². The van der Waals surface area contributed by atoms with Crippen molar-refractivity contribution in [1.82, 2.24) is 13.6 Å². The maximum absolute atomic E-state index is 12.9. The average Bonchev–Trinajstić information content (AvgIpc) is 1.17. The Morgan fingerprint density at radius 1 is 0.371 bits per heavy atom. The maximum atomic E-state index is 12.9. The van der Waals surface area contributed by atoms with Crippen molar-refractivity contribution < 1.29 is 99.5 Å². The van der Waals surface area contributed by atoms with Crippen LogP contribution in [0.4, 0.5) is 15.8 Å². The molecule has 9 aromatic rings. The third kappa shape index (κ3) is 38.5. The molecule has 4 N–H and O–H groups in total. The molecule has 2 aliphatic heterocycles. The Morgan fingerprint density at radius 3 is 0.929 bits per heavy atom. The van der Waals surface area contributed by atoms with E-state index in [2.05, 4.69) is 14.4 Å². The van der Waals surface area contributed by atoms with E-state index in [1.54, 1.807) is 214 Å². The number of hydrogen-bond acceptors (Lipinski definition) is 20. The molecular weight excluding hydrogens is 1900 g/mol. The molecule has 0 unspecified atom stereocenters. The zero-order valence-corrected chi connectivity index (χ0v) is 86.5. The van der Waals surface area contributed by atoms with Crippen LogP contribution in [0.5, 0.6) is 0 Å². The standard InChI is InChI=1S/C17H19FN2O3S.C16H19N3O3S.C16H24N2O3S.C15H22N2O3S.C14H17NO3.C12H17NO3S.C11H13NO3/c1-17(2,3)20(21)12-13-4-10-16(11-5-13)24(22,23)19-15-8-6-14(18)7-9-15;1-16(2,3)19(20)12-13-6-8-15(9-7-13)23(21,22)18-14-5-4-10-17-11-14;1-16(2,3)18(19)13-14-7-9-15(10-8-14)22(20,21)17-11-5-4-6-12-17;1-15(2,3)17(18)12-13-6-8-14(9-7-13)21(19,20)16-10-4-5-11-16;16-14(17)12-8-6-11(7-9-12)10-15(18)13-4-2-1-3-5-13;1-12(2,3)13(14)9-10-5-7-11(8-6-10)17(4,15)16;1-8(2)12(15)7-9-3-5-10(6-4-9)11(13)14/h4-12,19H,1-3H3;4-12,18H,1-3H3;7-10,13H,4-6,11-12H2,1-3H3;6-9,12H,4-5,10-11H2,1-3H3;6-10,13H,1-5H2,(H,16,17);5-9H,1-4H3;3-8H,1-2H3,(H,13,14)/b20-12-;19-12-;18-13-;17-12-;15-10-;13-9-;12-7-. The lowest BCUT2D eigenvalue weighted by molar-refractivity contribution is -0.530. The summed E-state index contributed by atoms with van der Waals surface area (Å²) in [5.41, 5.74) is 3.21. The Labute approximate surface area is 823 Å². The molecular formula is C101H131FN12O21S5. The number of carboxylic acids is 2. The summed E-state index contributed by atoms with van der Waals surface area (Å²) in [4.78, 5) is 26.1. The van der Waals surface area contributed by atoms with Gasteiger partial charge in [-0.1, -0.05) is 12.8 Å². The van der Waals surface area contributed by atoms with Gasteiger partial charge in [0.05, 0.1) is 47.5 Å². The van der Waals surface area contributed by atoms with Gasteiger partial charge in [-0.15, -0.1) is 0 Å². The van der Waals surface area contributed by atoms with E-state index in [1.807, 2.05) is 41.5 Å². The van der Waals surface area contributed by atoms with Crippen LogP contribution in [0.15, 0.2) is 243 Å². The van der Waals surface area contributed by atoms with E-state index in [0.29, 0.717) is 70.1 Å². The van der Waals surface area contributed by atoms with Crippen molar-refractivity contribution in [3.8, 4) is 0 Å². The number of nitrogens with zero attached hydrogens (tertiary/aromatic N) is 10. The van der Waals surface area contributed by atoms with Crippen LogP contribution in [-0.4, -0.2) is 227 Å². The minimum absolute atomic E-state index is 0.0529. The first-order valence-electron chi connectivity index (χ1n) is 45.2. The third-order valence-electron chi connectivity index (χ3n) is 21.1. The molecule has 1 aliphatic carbocycles. The molecule has 1 aromatic heterocycles. The lowest BCUT2D eigenvalue weighted by Gasteiger charge is -2.25. The van der Waals surface area contributed by atoms with E-state index in [0.717, 1.165) is 103 Å². The Hall–Kier alpha value is -12.7. The second-order valence-corrected chi connectivity index (χ2v) is 47.8. The van der Waals surface area contributed by atoms with Crippen LogP contribution in [0.3, 0.4) is 0 Å². The molecule has 12 rings (SSSR count). The Kier molecular flexibility index (Phi) is 42.2. The van der Waals surface area contributed by atoms with Crippen LogP contribution >= 0.6 is 0 Å². The first kappa shape index (κ1) is 116. The molecule has 0 amide bonds. The number of aromatic nitrogens is 1. The molecule has 33 nitrogen and oxygen atoms in total. The van der Waals surface area contributed by atoms with E-state index in [-0.39, 0.29) is 48.5 Å². The maximum Gasteiger partial charge on any atom is 0.335 e. The minimum atomic E-state index is -3.78. The number of benzene rings is 8. The van der Waals surface area contributed by atoms with E-state index in [4.69, 9.17) is 10.2 Å². The number of carboxylic acid groups (broad SMARTS) is 2. The van der Waals surface area contributed by atoms with Crippen molar-refractivity contribution in [2.24, 2.45) is 0 Å². The molecule has 3 fully saturated rings. The fourth-order valence-corrected chi connectivity index (χ4v) is 18.1. The quantitative estimate of drug-likeness (QED) is 0.0212. The normalized spacial score (nSPS) is 15.2. The number of hydroxylamine groups is 7. The number of sulfone groups is 1. The van der Waals surface area contributed by atoms with Crippen LogP contribution in [-0.2, 0) is 49.9 Å². The van der Waals surface area contributed by atoms with Crippen molar-refractivity contribution in [3.05, 3.63) is 311 Å². The number of nitrogens with one attached hydrogen (secondary N) is 2. The predicted octanol–water partition coefficient (Wildman–Crippen LogP) is 16.9. The predicted molar refractivity (Wildman–Crippen MR) is 547 cm³/mol. The molecule has 758 valence electrons. The van der Waals surface area contributed by atoms with E-state index in [9.17, 15) is 92.5 Å². The fraction of sp³-hybridized carbons (Fsp3) is 0.386. The number of anilines is 2. The SMILES string of the molecule is CC(C)(C)/[N+]([O-])=C/c1ccc(S(=O)(=O)N2CCCC2)cc1.CC(C)(C)/[N+]([O-])=C/c1ccc(S(=O)(=O)N2CCCCC2)cc1.CC(C)(C)/[N+]([O-])=C/c1ccc(S(=O)(=O)Nc2ccc(F)cc2)cc1.CC(C)(C)/[N+]([O-])=C/c1ccc(S(=O)(=O)Nc2cccnc2)cc1.CC(C)(C)/[N+]([O-])=C/c1ccc(S(C)(=O)=O)cc1.CC(C)/[N+]([O-])=C/c1ccc(C(=O)O)cc1.O=C(O)c1ccc(/C=[N+](\[O-])C2CCCCC2)cc1. The zero-order valence-electron chi connectivity index (χ0n) is 82.4. The van der Waals surface area contributed by atoms with Gasteiger partial charge in [-0.3, -0.25) is 14.4 Å². The summed E-state index contributed by atoms with van der Waals surface area (Å²) in [6.45, 7) is 33.0. The molecule has 0 atom stereocenters. The molecule has 3 heterocycles. The molecule has 0 radical (unpaired) electrons. The largest absolute Gasteiger partial charge is 0.624 e. The highest BCUT2D eigenvalue weighted by molar-refractivity contribution is 7.93. The number of pyridine rings is 1. The molecule has 3 aliphatic rings. The highest BCUT2D eigenvalue weighted by Gasteiger charge is 2.31. The van der Waals surface area contributed by atoms with Crippen molar-refractivity contribution in [2.75, 3.05) is 41.9 Å². The number of piperidine rings is 1. The van der Waals surface area contributed by atoms with Crippen molar-refractivity contribution in [2.45, 2.75) is 246 Å². The van der Waals surface area contributed by atoms with Gasteiger partial charge in [-0.05, 0) is 259 Å². The number of carbonyl (C=O) groups is 2. The topological polar surface area (TPSA) is 471 Å². The van der Waals surface area contributed by atoms with Crippen LogP contribution in [0, 0.1) is 42.3 Å². The van der Waals surface area contributed by atoms with Crippen molar-refractivity contribution in [3.63, 3.8) is 0 Å². The van der Waals surface area contributed by atoms with Crippen LogP contribution < -0.4 is 9.44 Å². The summed E-state index contributed by atoms with van der Waals surface area (Å²) < 4.78 is 148. The Balaban J connectivity index is 0.000000252. The number of sulfonamides is 4. The van der Waals surface area contributed by atoms with Crippen LogP contribution in [0.2, 0.25) is 0 Å². The lowest BCUT2D eigenvalue weighted by Crippen LogP contribution is -2.35. The van der Waals surface area contributed by atoms with E-state index in [1.165, 1.54) is 139 Å². The van der Waals surface area contributed by atoms with Gasteiger partial charge < -0.3 is 46.7 Å². The average molecular weight is 2030 g/mol. The third-order valence-corrected chi connectivity index (χ3v) is 28.8. The van der Waals surface area contributed by atoms with Crippen LogP contribution in [0.25, 0.3) is 0 Å². The van der Waals surface area contributed by atoms with Gasteiger partial charge >= 0.3 is 11.9 Å². The molecule has 0 bridgehead atoms. The van der Waals surface area contributed by atoms with Gasteiger partial charge in [0.25, 0.3) is 20.0 Å². The number of aromatic carboxylic acids is 2. The second-order valence-electron chi connectivity index (χ2n) is 38.5.